The number of rotatable bonds is 6. The molecule has 1 aromatic heterocycles. The molecule has 0 aliphatic heterocycles. The Morgan fingerprint density at radius 2 is 1.93 bits per heavy atom. The van der Waals surface area contributed by atoms with Gasteiger partial charge in [0.25, 0.3) is 5.91 Å². The molecule has 140 valence electrons. The number of carbonyl (C=O) groups excluding carboxylic acids is 1. The lowest BCUT2D eigenvalue weighted by Crippen LogP contribution is -2.36. The molecule has 1 unspecified atom stereocenters. The van der Waals surface area contributed by atoms with Crippen LogP contribution in [0.3, 0.4) is 0 Å². The number of fused-ring (bicyclic) bond motifs is 1. The van der Waals surface area contributed by atoms with Gasteiger partial charge in [0, 0.05) is 11.6 Å². The maximum atomic E-state index is 13.0. The van der Waals surface area contributed by atoms with Gasteiger partial charge in [-0.25, -0.2) is 0 Å². The number of ether oxygens (including phenoxy) is 1. The van der Waals surface area contributed by atoms with Crippen molar-refractivity contribution in [1.82, 2.24) is 5.32 Å². The maximum absolute atomic E-state index is 13.0. The van der Waals surface area contributed by atoms with Crippen LogP contribution in [-0.4, -0.2) is 18.6 Å². The average Bonchev–Trinajstić information content (AvgIpc) is 2.67. The lowest BCUT2D eigenvalue weighted by atomic mass is 10.1. The van der Waals surface area contributed by atoms with Crippen molar-refractivity contribution in [3.63, 3.8) is 0 Å². The van der Waals surface area contributed by atoms with E-state index in [0.717, 1.165) is 17.5 Å². The number of amides is 1. The maximum Gasteiger partial charge on any atom is 0.258 e. The molecule has 0 aliphatic carbocycles. The monoisotopic (exact) mass is 365 g/mol. The molecule has 3 aromatic rings. The van der Waals surface area contributed by atoms with Gasteiger partial charge in [-0.05, 0) is 38.0 Å². The van der Waals surface area contributed by atoms with Crippen LogP contribution in [0.25, 0.3) is 22.3 Å². The third-order valence-corrected chi connectivity index (χ3v) is 4.41. The highest BCUT2D eigenvalue weighted by Crippen LogP contribution is 2.31. The molecule has 0 saturated heterocycles. The number of aryl methyl sites for hydroxylation is 1. The van der Waals surface area contributed by atoms with Crippen molar-refractivity contribution in [1.29, 1.82) is 0 Å². The van der Waals surface area contributed by atoms with Gasteiger partial charge in [-0.2, -0.15) is 0 Å². The van der Waals surface area contributed by atoms with Gasteiger partial charge in [-0.1, -0.05) is 43.3 Å². The molecule has 1 amide bonds. The first-order valence-corrected chi connectivity index (χ1v) is 9.04. The molecule has 0 saturated carbocycles. The topological polar surface area (TPSA) is 68.5 Å². The molecular formula is C22H23NO4. The third kappa shape index (κ3) is 4.19. The van der Waals surface area contributed by atoms with Crippen LogP contribution in [0.4, 0.5) is 0 Å². The zero-order chi connectivity index (χ0) is 19.4. The van der Waals surface area contributed by atoms with E-state index in [0.29, 0.717) is 16.7 Å². The summed E-state index contributed by atoms with van der Waals surface area (Å²) >= 11 is 0. The smallest absolute Gasteiger partial charge is 0.258 e. The first kappa shape index (κ1) is 18.7. The lowest BCUT2D eigenvalue weighted by molar-refractivity contribution is -0.123. The Hall–Kier alpha value is -3.08. The summed E-state index contributed by atoms with van der Waals surface area (Å²) < 4.78 is 11.7. The van der Waals surface area contributed by atoms with Crippen LogP contribution in [0.1, 0.15) is 25.8 Å². The van der Waals surface area contributed by atoms with Gasteiger partial charge in [0.15, 0.2) is 12.4 Å². The Morgan fingerprint density at radius 3 is 2.63 bits per heavy atom. The van der Waals surface area contributed by atoms with Gasteiger partial charge in [0.1, 0.15) is 5.58 Å². The van der Waals surface area contributed by atoms with Gasteiger partial charge in [0.05, 0.1) is 5.39 Å². The van der Waals surface area contributed by atoms with Crippen LogP contribution >= 0.6 is 0 Å². The van der Waals surface area contributed by atoms with Crippen molar-refractivity contribution in [2.75, 3.05) is 6.61 Å². The van der Waals surface area contributed by atoms with Crippen LogP contribution in [0.5, 0.6) is 5.75 Å². The zero-order valence-electron chi connectivity index (χ0n) is 15.7. The van der Waals surface area contributed by atoms with Gasteiger partial charge in [-0.15, -0.1) is 0 Å². The number of carbonyl (C=O) groups is 1. The van der Waals surface area contributed by atoms with Gasteiger partial charge in [0.2, 0.25) is 11.2 Å². The summed E-state index contributed by atoms with van der Waals surface area (Å²) in [5.74, 6) is 0.110. The van der Waals surface area contributed by atoms with Crippen molar-refractivity contribution < 1.29 is 13.9 Å². The van der Waals surface area contributed by atoms with E-state index in [2.05, 4.69) is 5.32 Å². The van der Waals surface area contributed by atoms with E-state index in [4.69, 9.17) is 9.15 Å². The number of nitrogens with one attached hydrogen (secondary N) is 1. The largest absolute Gasteiger partial charge is 0.476 e. The fourth-order valence-corrected chi connectivity index (χ4v) is 2.75. The summed E-state index contributed by atoms with van der Waals surface area (Å²) in [6, 6.07) is 14.7. The van der Waals surface area contributed by atoms with Crippen molar-refractivity contribution in [3.05, 3.63) is 64.3 Å². The third-order valence-electron chi connectivity index (χ3n) is 4.41. The van der Waals surface area contributed by atoms with E-state index in [1.165, 1.54) is 0 Å². The fourth-order valence-electron chi connectivity index (χ4n) is 2.75. The van der Waals surface area contributed by atoms with Crippen LogP contribution < -0.4 is 15.5 Å². The highest BCUT2D eigenvalue weighted by molar-refractivity contribution is 5.83. The minimum atomic E-state index is -0.286. The van der Waals surface area contributed by atoms with E-state index in [-0.39, 0.29) is 29.7 Å². The predicted octanol–water partition coefficient (Wildman–Crippen LogP) is 4.06. The van der Waals surface area contributed by atoms with E-state index in [1.807, 2.05) is 63.2 Å². The molecule has 27 heavy (non-hydrogen) atoms. The first-order valence-electron chi connectivity index (χ1n) is 9.04. The highest BCUT2D eigenvalue weighted by Gasteiger charge is 2.19. The normalized spacial score (nSPS) is 12.0. The molecule has 2 aromatic carbocycles. The summed E-state index contributed by atoms with van der Waals surface area (Å²) in [4.78, 5) is 25.1. The Labute approximate surface area is 158 Å². The molecule has 1 N–H and O–H groups in total. The van der Waals surface area contributed by atoms with Crippen molar-refractivity contribution >= 4 is 16.9 Å². The van der Waals surface area contributed by atoms with Gasteiger partial charge >= 0.3 is 0 Å². The van der Waals surface area contributed by atoms with Crippen LogP contribution in [0.15, 0.2) is 57.7 Å². The van der Waals surface area contributed by atoms with Gasteiger partial charge < -0.3 is 14.5 Å². The molecular weight excluding hydrogens is 342 g/mol. The molecule has 3 rings (SSSR count). The van der Waals surface area contributed by atoms with Gasteiger partial charge in [-0.3, -0.25) is 9.59 Å². The van der Waals surface area contributed by atoms with Crippen molar-refractivity contribution in [2.24, 2.45) is 0 Å². The second-order valence-corrected chi connectivity index (χ2v) is 6.62. The summed E-state index contributed by atoms with van der Waals surface area (Å²) in [6.07, 6.45) is 0.818. The van der Waals surface area contributed by atoms with Crippen molar-refractivity contribution in [3.8, 4) is 17.1 Å². The molecule has 0 bridgehead atoms. The highest BCUT2D eigenvalue weighted by atomic mass is 16.5. The Bertz CT molecular complexity index is 1010. The SMILES string of the molecule is CCC(C)NC(=O)COc1c(-c2ccccc2)oc2cc(C)ccc2c1=O. The second-order valence-electron chi connectivity index (χ2n) is 6.62. The summed E-state index contributed by atoms with van der Waals surface area (Å²) in [5.41, 5.74) is 1.92. The summed E-state index contributed by atoms with van der Waals surface area (Å²) in [6.45, 7) is 5.59. The standard InChI is InChI=1S/C22H23NO4/c1-4-15(3)23-19(24)13-26-22-20(25)17-11-10-14(2)12-18(17)27-21(22)16-8-6-5-7-9-16/h5-12,15H,4,13H2,1-3H3,(H,23,24). The molecule has 1 atom stereocenters. The molecule has 5 nitrogen and oxygen atoms in total. The number of benzene rings is 2. The lowest BCUT2D eigenvalue weighted by Gasteiger charge is -2.14. The molecule has 5 heteroatoms. The van der Waals surface area contributed by atoms with E-state index < -0.39 is 0 Å². The minimum Gasteiger partial charge on any atom is -0.476 e. The number of hydrogen-bond acceptors (Lipinski definition) is 4. The Balaban J connectivity index is 2.04. The van der Waals surface area contributed by atoms with E-state index in [9.17, 15) is 9.59 Å². The average molecular weight is 365 g/mol. The van der Waals surface area contributed by atoms with Crippen LogP contribution in [-0.2, 0) is 4.79 Å². The second kappa shape index (κ2) is 8.08. The van der Waals surface area contributed by atoms with Crippen molar-refractivity contribution in [2.45, 2.75) is 33.2 Å². The number of hydrogen-bond donors (Lipinski definition) is 1. The Kier molecular flexibility index (Phi) is 5.60. The molecule has 0 aliphatic rings. The molecule has 0 radical (unpaired) electrons. The minimum absolute atomic E-state index is 0.0469. The fraction of sp³-hybridized carbons (Fsp3) is 0.273. The first-order chi connectivity index (χ1) is 13.0. The predicted molar refractivity (Wildman–Crippen MR) is 106 cm³/mol. The molecule has 1 heterocycles. The van der Waals surface area contributed by atoms with E-state index in [1.54, 1.807) is 6.07 Å². The van der Waals surface area contributed by atoms with Crippen LogP contribution in [0.2, 0.25) is 0 Å². The Morgan fingerprint density at radius 1 is 1.19 bits per heavy atom. The summed E-state index contributed by atoms with van der Waals surface area (Å²) in [7, 11) is 0. The quantitative estimate of drug-likeness (QED) is 0.715. The summed E-state index contributed by atoms with van der Waals surface area (Å²) in [5, 5.41) is 3.25. The zero-order valence-corrected chi connectivity index (χ0v) is 15.7. The molecule has 0 fully saturated rings. The molecule has 0 spiro atoms. The van der Waals surface area contributed by atoms with Crippen LogP contribution in [0, 0.1) is 6.92 Å². The van der Waals surface area contributed by atoms with E-state index >= 15 is 0 Å².